The molecule has 2 aliphatic heterocycles. The van der Waals surface area contributed by atoms with Gasteiger partial charge in [0, 0.05) is 0 Å². The Kier molecular flexibility index (Phi) is 5.00. The largest absolute Gasteiger partial charge is 0.493 e. The van der Waals surface area contributed by atoms with Crippen LogP contribution in [0.1, 0.15) is 22.1 Å². The molecule has 1 saturated heterocycles. The van der Waals surface area contributed by atoms with Crippen LogP contribution in [0, 0.1) is 0 Å². The average Bonchev–Trinajstić information content (AvgIpc) is 2.91. The van der Waals surface area contributed by atoms with Gasteiger partial charge in [0.15, 0.2) is 11.5 Å². The lowest BCUT2D eigenvalue weighted by molar-refractivity contribution is -0.957. The van der Waals surface area contributed by atoms with Crippen molar-refractivity contribution in [1.82, 2.24) is 0 Å². The topological polar surface area (TPSA) is 82.4 Å². The van der Waals surface area contributed by atoms with Gasteiger partial charge in [-0.05, 0) is 12.1 Å². The van der Waals surface area contributed by atoms with Gasteiger partial charge in [-0.15, -0.1) is 0 Å². The van der Waals surface area contributed by atoms with Crippen molar-refractivity contribution in [3.8, 4) is 11.5 Å². The van der Waals surface area contributed by atoms with Crippen LogP contribution in [0.15, 0.2) is 12.1 Å². The highest BCUT2D eigenvalue weighted by molar-refractivity contribution is 5.97. The molecule has 2 heterocycles. The molecule has 23 heavy (non-hydrogen) atoms. The fraction of sp³-hybridized carbons (Fsp3) is 0.562. The summed E-state index contributed by atoms with van der Waals surface area (Å²) in [6.45, 7) is 6.84. The first-order chi connectivity index (χ1) is 11.2. The number of quaternary nitrogens is 3. The van der Waals surface area contributed by atoms with E-state index in [4.69, 9.17) is 14.2 Å². The predicted molar refractivity (Wildman–Crippen MR) is 81.7 cm³/mol. The van der Waals surface area contributed by atoms with E-state index >= 15 is 0 Å². The van der Waals surface area contributed by atoms with Crippen LogP contribution in [-0.4, -0.2) is 59.5 Å². The summed E-state index contributed by atoms with van der Waals surface area (Å²) >= 11 is 0. The minimum absolute atomic E-state index is 0.284. The average molecular weight is 324 g/mol. The van der Waals surface area contributed by atoms with Crippen LogP contribution in [0.2, 0.25) is 0 Å². The van der Waals surface area contributed by atoms with E-state index in [-0.39, 0.29) is 12.2 Å². The van der Waals surface area contributed by atoms with Crippen molar-refractivity contribution < 1.29 is 34.5 Å². The Labute approximate surface area is 135 Å². The third-order valence-corrected chi connectivity index (χ3v) is 4.61. The number of ether oxygens (including phenoxy) is 3. The number of benzene rings is 1. The minimum atomic E-state index is -0.336. The normalized spacial score (nSPS) is 21.0. The van der Waals surface area contributed by atoms with E-state index in [1.54, 1.807) is 19.1 Å². The lowest BCUT2D eigenvalue weighted by Gasteiger charge is -2.21. The molecule has 3 rings (SSSR count). The first-order valence-corrected chi connectivity index (χ1v) is 8.19. The molecule has 0 radical (unpaired) electrons. The number of piperazine rings is 1. The Balaban J connectivity index is 1.66. The highest BCUT2D eigenvalue weighted by Crippen LogP contribution is 2.39. The number of esters is 1. The molecule has 1 fully saturated rings. The van der Waals surface area contributed by atoms with Gasteiger partial charge in [0.05, 0.1) is 19.8 Å². The van der Waals surface area contributed by atoms with Crippen molar-refractivity contribution in [2.45, 2.75) is 6.23 Å². The van der Waals surface area contributed by atoms with Gasteiger partial charge < -0.3 is 29.7 Å². The van der Waals surface area contributed by atoms with Gasteiger partial charge in [0.2, 0.25) is 0 Å². The summed E-state index contributed by atoms with van der Waals surface area (Å²) in [7, 11) is 3.10. The van der Waals surface area contributed by atoms with Crippen LogP contribution in [-0.2, 0) is 4.74 Å². The first-order valence-electron chi connectivity index (χ1n) is 8.19. The number of rotatable bonds is 6. The molecule has 1 atom stereocenters. The van der Waals surface area contributed by atoms with E-state index < -0.39 is 0 Å². The highest BCUT2D eigenvalue weighted by Gasteiger charge is 2.38. The number of fused-ring (bicyclic) bond motifs is 1. The second kappa shape index (κ2) is 7.16. The van der Waals surface area contributed by atoms with E-state index in [0.29, 0.717) is 17.1 Å². The van der Waals surface area contributed by atoms with Gasteiger partial charge in [0.25, 0.3) is 6.23 Å². The van der Waals surface area contributed by atoms with Gasteiger partial charge in [-0.1, -0.05) is 0 Å². The molecule has 126 valence electrons. The second-order valence-corrected chi connectivity index (χ2v) is 5.98. The van der Waals surface area contributed by atoms with E-state index in [9.17, 15) is 4.79 Å². The Morgan fingerprint density at radius 3 is 2.78 bits per heavy atom. The molecule has 0 aliphatic carbocycles. The summed E-state index contributed by atoms with van der Waals surface area (Å²) < 4.78 is 16.1. The molecule has 0 bridgehead atoms. The van der Waals surface area contributed by atoms with Crippen molar-refractivity contribution in [2.24, 2.45) is 0 Å². The Hall–Kier alpha value is -1.83. The molecule has 7 heteroatoms. The van der Waals surface area contributed by atoms with Crippen molar-refractivity contribution in [3.05, 3.63) is 23.3 Å². The third-order valence-electron chi connectivity index (χ3n) is 4.61. The van der Waals surface area contributed by atoms with Gasteiger partial charge in [0.1, 0.15) is 44.8 Å². The maximum Gasteiger partial charge on any atom is 0.347 e. The van der Waals surface area contributed by atoms with Gasteiger partial charge in [-0.2, -0.15) is 0 Å². The zero-order valence-corrected chi connectivity index (χ0v) is 13.8. The number of hydrogen-bond acceptors (Lipinski definition) is 4. The van der Waals surface area contributed by atoms with Crippen LogP contribution in [0.4, 0.5) is 0 Å². The standard InChI is InChI=1S/C16H23N3O4/c1-21-12-4-3-11-13(14(12)22-2)16(20)23-15(11)18-7-10-19-8-5-17-6-9-19/h3-4,15,17-18H,5-10H2,1-2H3/p+3/t15-/m1/s1. The summed E-state index contributed by atoms with van der Waals surface area (Å²) in [6.07, 6.45) is -0.284. The Morgan fingerprint density at radius 1 is 1.30 bits per heavy atom. The number of nitrogens with one attached hydrogen (secondary N) is 1. The van der Waals surface area contributed by atoms with Crippen molar-refractivity contribution in [3.63, 3.8) is 0 Å². The van der Waals surface area contributed by atoms with Crippen molar-refractivity contribution in [1.29, 1.82) is 0 Å². The second-order valence-electron chi connectivity index (χ2n) is 5.98. The quantitative estimate of drug-likeness (QED) is 0.484. The zero-order chi connectivity index (χ0) is 16.2. The van der Waals surface area contributed by atoms with Crippen LogP contribution in [0.5, 0.6) is 11.5 Å². The van der Waals surface area contributed by atoms with E-state index in [2.05, 4.69) is 10.6 Å². The van der Waals surface area contributed by atoms with E-state index in [1.807, 2.05) is 12.1 Å². The van der Waals surface area contributed by atoms with Crippen LogP contribution in [0.25, 0.3) is 0 Å². The summed E-state index contributed by atoms with van der Waals surface area (Å²) in [5.41, 5.74) is 1.36. The van der Waals surface area contributed by atoms with Crippen LogP contribution >= 0.6 is 0 Å². The monoisotopic (exact) mass is 324 g/mol. The molecular formula is C16H26N3O4+3. The Bertz CT molecular complexity index is 573. The van der Waals surface area contributed by atoms with E-state index in [1.165, 1.54) is 26.2 Å². The fourth-order valence-corrected chi connectivity index (χ4v) is 3.37. The molecule has 5 N–H and O–H groups in total. The molecule has 1 aromatic carbocycles. The predicted octanol–water partition coefficient (Wildman–Crippen LogP) is -3.10. The molecule has 0 amide bonds. The molecule has 0 aromatic heterocycles. The summed E-state index contributed by atoms with van der Waals surface area (Å²) in [6, 6.07) is 3.72. The van der Waals surface area contributed by atoms with Crippen LogP contribution in [0.3, 0.4) is 0 Å². The van der Waals surface area contributed by atoms with Crippen LogP contribution < -0.4 is 25.0 Å². The maximum atomic E-state index is 12.2. The molecule has 0 unspecified atom stereocenters. The smallest absolute Gasteiger partial charge is 0.347 e. The number of methoxy groups -OCH3 is 2. The molecule has 0 saturated carbocycles. The lowest BCUT2D eigenvalue weighted by atomic mass is 10.1. The van der Waals surface area contributed by atoms with Crippen molar-refractivity contribution >= 4 is 5.97 Å². The number of carbonyl (C=O) groups is 1. The lowest BCUT2D eigenvalue weighted by Crippen LogP contribution is -3.22. The molecular weight excluding hydrogens is 298 g/mol. The number of hydrogen-bond donors (Lipinski definition) is 3. The SMILES string of the molecule is COc1ccc2c(c1OC)C(=O)O[C@H]2[NH2+]CC[NH+]1CC[NH2+]CC1. The fourth-order valence-electron chi connectivity index (χ4n) is 3.37. The van der Waals surface area contributed by atoms with Gasteiger partial charge in [-0.3, -0.25) is 0 Å². The maximum absolute atomic E-state index is 12.2. The van der Waals surface area contributed by atoms with Gasteiger partial charge >= 0.3 is 5.97 Å². The van der Waals surface area contributed by atoms with Crippen molar-refractivity contribution in [2.75, 3.05) is 53.5 Å². The number of carbonyl (C=O) groups excluding carboxylic acids is 1. The molecule has 1 aromatic rings. The summed E-state index contributed by atoms with van der Waals surface area (Å²) in [4.78, 5) is 13.8. The summed E-state index contributed by atoms with van der Waals surface area (Å²) in [5, 5.41) is 4.46. The molecule has 2 aliphatic rings. The van der Waals surface area contributed by atoms with Gasteiger partial charge in [-0.25, -0.2) is 4.79 Å². The highest BCUT2D eigenvalue weighted by atomic mass is 16.6. The molecule has 7 nitrogen and oxygen atoms in total. The first kappa shape index (κ1) is 16.0. The number of nitrogens with two attached hydrogens (primary N) is 2. The molecule has 0 spiro atoms. The summed E-state index contributed by atoms with van der Waals surface area (Å²) in [5.74, 6) is 0.679. The minimum Gasteiger partial charge on any atom is -0.493 e. The number of cyclic esters (lactones) is 1. The van der Waals surface area contributed by atoms with E-state index in [0.717, 1.165) is 18.7 Å². The zero-order valence-electron chi connectivity index (χ0n) is 13.8. The third kappa shape index (κ3) is 3.26. The Morgan fingerprint density at radius 2 is 2.09 bits per heavy atom.